The topological polar surface area (TPSA) is 73.6 Å². The number of nitrogens with one attached hydrogen (secondary N) is 1. The highest BCUT2D eigenvalue weighted by atomic mass is 16.6. The van der Waals surface area contributed by atoms with Gasteiger partial charge in [0.2, 0.25) is 0 Å². The van der Waals surface area contributed by atoms with E-state index in [2.05, 4.69) is 5.32 Å². The maximum atomic E-state index is 12.0. The second kappa shape index (κ2) is 6.33. The minimum atomic E-state index is -0.459. The molecule has 0 aromatic carbocycles. The molecule has 1 aliphatic carbocycles. The summed E-state index contributed by atoms with van der Waals surface area (Å²) >= 11 is 0. The molecular formula is C12H22N2O3. The van der Waals surface area contributed by atoms with Gasteiger partial charge < -0.3 is 20.5 Å². The molecule has 98 valence electrons. The van der Waals surface area contributed by atoms with E-state index in [9.17, 15) is 4.79 Å². The van der Waals surface area contributed by atoms with Crippen LogP contribution in [0.25, 0.3) is 0 Å². The van der Waals surface area contributed by atoms with E-state index in [0.717, 1.165) is 0 Å². The van der Waals surface area contributed by atoms with Crippen molar-refractivity contribution in [1.82, 2.24) is 5.32 Å². The predicted molar refractivity (Wildman–Crippen MR) is 63.5 cm³/mol. The average molecular weight is 242 g/mol. The molecule has 0 aromatic heterocycles. The lowest BCUT2D eigenvalue weighted by atomic mass is 9.98. The maximum absolute atomic E-state index is 12.0. The molecule has 5 nitrogen and oxygen atoms in total. The molecular weight excluding hydrogens is 220 g/mol. The Morgan fingerprint density at radius 3 is 2.71 bits per heavy atom. The van der Waals surface area contributed by atoms with E-state index in [-0.39, 0.29) is 11.9 Å². The molecule has 3 N–H and O–H groups in total. The third-order valence-electron chi connectivity index (χ3n) is 3.66. The summed E-state index contributed by atoms with van der Waals surface area (Å²) in [5, 5.41) is 3.01. The molecule has 2 rings (SSSR count). The third-order valence-corrected chi connectivity index (χ3v) is 3.66. The van der Waals surface area contributed by atoms with Crippen molar-refractivity contribution in [3.63, 3.8) is 0 Å². The number of rotatable bonds is 4. The SMILES string of the molecule is NCC(NC(=O)C1COCCO1)C1CCCC1. The zero-order valence-corrected chi connectivity index (χ0v) is 10.2. The maximum Gasteiger partial charge on any atom is 0.251 e. The molecule has 1 saturated carbocycles. The van der Waals surface area contributed by atoms with Crippen molar-refractivity contribution < 1.29 is 14.3 Å². The largest absolute Gasteiger partial charge is 0.376 e. The van der Waals surface area contributed by atoms with Crippen molar-refractivity contribution in [3.8, 4) is 0 Å². The van der Waals surface area contributed by atoms with Crippen LogP contribution in [-0.2, 0) is 14.3 Å². The Hall–Kier alpha value is -0.650. The molecule has 1 aliphatic heterocycles. The molecule has 17 heavy (non-hydrogen) atoms. The van der Waals surface area contributed by atoms with Gasteiger partial charge in [0.1, 0.15) is 0 Å². The first-order valence-corrected chi connectivity index (χ1v) is 6.51. The molecule has 0 bridgehead atoms. The number of hydrogen-bond donors (Lipinski definition) is 2. The summed E-state index contributed by atoms with van der Waals surface area (Å²) in [6.07, 6.45) is 4.38. The van der Waals surface area contributed by atoms with E-state index in [0.29, 0.717) is 32.3 Å². The van der Waals surface area contributed by atoms with Gasteiger partial charge in [0, 0.05) is 12.6 Å². The van der Waals surface area contributed by atoms with Crippen LogP contribution in [0.4, 0.5) is 0 Å². The highest BCUT2D eigenvalue weighted by Gasteiger charge is 2.29. The van der Waals surface area contributed by atoms with Crippen LogP contribution in [0.15, 0.2) is 0 Å². The molecule has 2 atom stereocenters. The second-order valence-corrected chi connectivity index (χ2v) is 4.83. The number of nitrogens with two attached hydrogens (primary N) is 1. The molecule has 1 heterocycles. The lowest BCUT2D eigenvalue weighted by molar-refractivity contribution is -0.148. The highest BCUT2D eigenvalue weighted by Crippen LogP contribution is 2.27. The van der Waals surface area contributed by atoms with Crippen molar-refractivity contribution in [1.29, 1.82) is 0 Å². The van der Waals surface area contributed by atoms with Gasteiger partial charge in [0.25, 0.3) is 5.91 Å². The zero-order chi connectivity index (χ0) is 12.1. The van der Waals surface area contributed by atoms with Gasteiger partial charge >= 0.3 is 0 Å². The molecule has 0 radical (unpaired) electrons. The number of hydrogen-bond acceptors (Lipinski definition) is 4. The van der Waals surface area contributed by atoms with E-state index in [4.69, 9.17) is 15.2 Å². The zero-order valence-electron chi connectivity index (χ0n) is 10.2. The Morgan fingerprint density at radius 2 is 2.12 bits per heavy atom. The summed E-state index contributed by atoms with van der Waals surface area (Å²) in [5.41, 5.74) is 5.74. The fourth-order valence-corrected chi connectivity index (χ4v) is 2.64. The summed E-state index contributed by atoms with van der Waals surface area (Å²) in [5.74, 6) is 0.459. The normalized spacial score (nSPS) is 27.9. The summed E-state index contributed by atoms with van der Waals surface area (Å²) in [4.78, 5) is 12.0. The molecule has 2 unspecified atom stereocenters. The van der Waals surface area contributed by atoms with Gasteiger partial charge in [-0.2, -0.15) is 0 Å². The van der Waals surface area contributed by atoms with Crippen LogP contribution >= 0.6 is 0 Å². The van der Waals surface area contributed by atoms with Crippen LogP contribution in [0.2, 0.25) is 0 Å². The minimum absolute atomic E-state index is 0.0768. The van der Waals surface area contributed by atoms with Crippen molar-refractivity contribution in [3.05, 3.63) is 0 Å². The van der Waals surface area contributed by atoms with Gasteiger partial charge in [-0.3, -0.25) is 4.79 Å². The van der Waals surface area contributed by atoms with E-state index >= 15 is 0 Å². The highest BCUT2D eigenvalue weighted by molar-refractivity contribution is 5.81. The molecule has 2 aliphatic rings. The Morgan fingerprint density at radius 1 is 1.35 bits per heavy atom. The van der Waals surface area contributed by atoms with Crippen molar-refractivity contribution in [2.45, 2.75) is 37.8 Å². The van der Waals surface area contributed by atoms with Gasteiger partial charge in [-0.05, 0) is 18.8 Å². The first-order chi connectivity index (χ1) is 8.31. The van der Waals surface area contributed by atoms with Crippen LogP contribution in [-0.4, -0.2) is 44.4 Å². The molecule has 1 amide bonds. The van der Waals surface area contributed by atoms with Crippen molar-refractivity contribution in [2.75, 3.05) is 26.4 Å². The predicted octanol–water partition coefficient (Wildman–Crippen LogP) is 0.0355. The molecule has 0 spiro atoms. The summed E-state index contributed by atoms with van der Waals surface area (Å²) < 4.78 is 10.6. The van der Waals surface area contributed by atoms with Gasteiger partial charge in [0.15, 0.2) is 6.10 Å². The Balaban J connectivity index is 1.82. The van der Waals surface area contributed by atoms with Gasteiger partial charge in [-0.15, -0.1) is 0 Å². The van der Waals surface area contributed by atoms with Gasteiger partial charge in [0.05, 0.1) is 19.8 Å². The van der Waals surface area contributed by atoms with E-state index in [1.165, 1.54) is 25.7 Å². The fraction of sp³-hybridized carbons (Fsp3) is 0.917. The standard InChI is InChI=1S/C12H22N2O3/c13-7-10(9-3-1-2-4-9)14-12(15)11-8-16-5-6-17-11/h9-11H,1-8,13H2,(H,14,15). The Bertz CT molecular complexity index is 248. The second-order valence-electron chi connectivity index (χ2n) is 4.83. The summed E-state index contributed by atoms with van der Waals surface area (Å²) in [6, 6.07) is 0.0931. The Kier molecular flexibility index (Phi) is 4.76. The fourth-order valence-electron chi connectivity index (χ4n) is 2.64. The first-order valence-electron chi connectivity index (χ1n) is 6.51. The van der Waals surface area contributed by atoms with Crippen LogP contribution in [0.3, 0.4) is 0 Å². The van der Waals surface area contributed by atoms with Crippen molar-refractivity contribution >= 4 is 5.91 Å². The number of carbonyl (C=O) groups is 1. The molecule has 5 heteroatoms. The van der Waals surface area contributed by atoms with Crippen LogP contribution in [0.1, 0.15) is 25.7 Å². The van der Waals surface area contributed by atoms with E-state index < -0.39 is 6.10 Å². The number of ether oxygens (including phenoxy) is 2. The quantitative estimate of drug-likeness (QED) is 0.730. The Labute approximate surface area is 102 Å². The third kappa shape index (κ3) is 3.40. The first kappa shape index (κ1) is 12.8. The van der Waals surface area contributed by atoms with Gasteiger partial charge in [-0.1, -0.05) is 12.8 Å². The van der Waals surface area contributed by atoms with E-state index in [1.54, 1.807) is 0 Å². The molecule has 1 saturated heterocycles. The van der Waals surface area contributed by atoms with Crippen molar-refractivity contribution in [2.24, 2.45) is 11.7 Å². The minimum Gasteiger partial charge on any atom is -0.376 e. The smallest absolute Gasteiger partial charge is 0.251 e. The van der Waals surface area contributed by atoms with Crippen LogP contribution < -0.4 is 11.1 Å². The lowest BCUT2D eigenvalue weighted by Crippen LogP contribution is -2.51. The molecule has 0 aromatic rings. The molecule has 2 fully saturated rings. The lowest BCUT2D eigenvalue weighted by Gasteiger charge is -2.27. The number of carbonyl (C=O) groups excluding carboxylic acids is 1. The van der Waals surface area contributed by atoms with Crippen LogP contribution in [0, 0.1) is 5.92 Å². The monoisotopic (exact) mass is 242 g/mol. The number of amides is 1. The average Bonchev–Trinajstić information content (AvgIpc) is 2.90. The van der Waals surface area contributed by atoms with Gasteiger partial charge in [-0.25, -0.2) is 0 Å². The van der Waals surface area contributed by atoms with Crippen LogP contribution in [0.5, 0.6) is 0 Å². The van der Waals surface area contributed by atoms with E-state index in [1.807, 2.05) is 0 Å². The summed E-state index contributed by atoms with van der Waals surface area (Å²) in [6.45, 7) is 1.93. The summed E-state index contributed by atoms with van der Waals surface area (Å²) in [7, 11) is 0.